The lowest BCUT2D eigenvalue weighted by atomic mass is 9.95. The molecule has 4 aromatic rings. The highest BCUT2D eigenvalue weighted by Crippen LogP contribution is 2.50. The quantitative estimate of drug-likeness (QED) is 0.483. The average molecular weight is 447 g/mol. The van der Waals surface area contributed by atoms with E-state index in [9.17, 15) is 9.90 Å². The Labute approximate surface area is 190 Å². The first-order valence-corrected chi connectivity index (χ1v) is 11.4. The molecule has 2 aliphatic rings. The number of para-hydroxylation sites is 1. The minimum absolute atomic E-state index is 0.125. The highest BCUT2D eigenvalue weighted by atomic mass is 16.4. The number of benzene rings is 1. The highest BCUT2D eigenvalue weighted by Gasteiger charge is 2.43. The maximum atomic E-state index is 13.8. The molecule has 0 unspecified atom stereocenters. The third kappa shape index (κ3) is 3.20. The minimum Gasteiger partial charge on any atom is -0.458 e. The van der Waals surface area contributed by atoms with Crippen molar-refractivity contribution in [1.29, 1.82) is 0 Å². The van der Waals surface area contributed by atoms with Gasteiger partial charge in [-0.2, -0.15) is 0 Å². The van der Waals surface area contributed by atoms with E-state index >= 15 is 0 Å². The van der Waals surface area contributed by atoms with Gasteiger partial charge in [-0.15, -0.1) is 0 Å². The van der Waals surface area contributed by atoms with Crippen molar-refractivity contribution in [3.63, 3.8) is 0 Å². The highest BCUT2D eigenvalue weighted by molar-refractivity contribution is 5.93. The number of imidazole rings is 1. The lowest BCUT2D eigenvalue weighted by molar-refractivity contribution is 0.0437. The summed E-state index contributed by atoms with van der Waals surface area (Å²) >= 11 is 0. The molecule has 1 aliphatic carbocycles. The van der Waals surface area contributed by atoms with Crippen molar-refractivity contribution < 1.29 is 18.7 Å². The van der Waals surface area contributed by atoms with Crippen LogP contribution in [0.3, 0.4) is 0 Å². The average Bonchev–Trinajstić information content (AvgIpc) is 3.20. The predicted molar refractivity (Wildman–Crippen MR) is 120 cm³/mol. The van der Waals surface area contributed by atoms with Crippen LogP contribution in [0.2, 0.25) is 0 Å². The summed E-state index contributed by atoms with van der Waals surface area (Å²) in [5.74, 6) is 1.19. The number of fused-ring (bicyclic) bond motifs is 2. The lowest BCUT2D eigenvalue weighted by Crippen LogP contribution is -2.41. The first kappa shape index (κ1) is 20.2. The molecule has 1 fully saturated rings. The molecule has 3 aromatic heterocycles. The van der Waals surface area contributed by atoms with Gasteiger partial charge in [0.2, 0.25) is 11.7 Å². The normalized spacial score (nSPS) is 18.7. The number of aryl methyl sites for hydroxylation is 1. The minimum atomic E-state index is -1.28. The summed E-state index contributed by atoms with van der Waals surface area (Å²) in [6.45, 7) is 5.38. The summed E-state index contributed by atoms with van der Waals surface area (Å²) in [4.78, 5) is 27.7. The number of aromatic amines is 1. The molecule has 1 aromatic carbocycles. The molecule has 1 saturated carbocycles. The van der Waals surface area contributed by atoms with Crippen LogP contribution < -0.4 is 0 Å². The topological polar surface area (TPSA) is 108 Å². The Bertz CT molecular complexity index is 1370. The standard InChI is InChI=1S/C25H26N4O4/c1-13-21(33-24(28-13)25(2,3)31)23(30)29-11-10-16-19(27-12-26-16)20(29)22-18(14-8-9-14)15-6-4-5-7-17(15)32-22/h4-7,12,14,20,31H,8-11H2,1-3H3,(H,26,27)/t20-/m0/s1. The van der Waals surface area contributed by atoms with Gasteiger partial charge in [0.1, 0.15) is 23.0 Å². The van der Waals surface area contributed by atoms with Crippen LogP contribution in [0.15, 0.2) is 39.4 Å². The Balaban J connectivity index is 1.50. The van der Waals surface area contributed by atoms with Crippen LogP contribution in [0.1, 0.15) is 83.5 Å². The number of amides is 1. The summed E-state index contributed by atoms with van der Waals surface area (Å²) in [7, 11) is 0. The molecule has 0 bridgehead atoms. The molecule has 170 valence electrons. The zero-order chi connectivity index (χ0) is 22.9. The molecule has 0 spiro atoms. The van der Waals surface area contributed by atoms with Crippen molar-refractivity contribution in [2.45, 2.75) is 57.6 Å². The summed E-state index contributed by atoms with van der Waals surface area (Å²) in [5, 5.41) is 11.4. The number of oxazole rings is 1. The Kier molecular flexibility index (Phi) is 4.32. The van der Waals surface area contributed by atoms with Crippen molar-refractivity contribution in [2.24, 2.45) is 0 Å². The Morgan fingerprint density at radius 3 is 2.76 bits per heavy atom. The van der Waals surface area contributed by atoms with Crippen LogP contribution in [0, 0.1) is 6.92 Å². The summed E-state index contributed by atoms with van der Waals surface area (Å²) < 4.78 is 12.2. The van der Waals surface area contributed by atoms with Gasteiger partial charge in [-0.25, -0.2) is 9.97 Å². The van der Waals surface area contributed by atoms with E-state index in [2.05, 4.69) is 21.0 Å². The van der Waals surface area contributed by atoms with Gasteiger partial charge < -0.3 is 23.8 Å². The number of hydrogen-bond acceptors (Lipinski definition) is 6. The molecular formula is C25H26N4O4. The number of nitrogens with one attached hydrogen (secondary N) is 1. The van der Waals surface area contributed by atoms with Crippen molar-refractivity contribution in [3.05, 3.63) is 70.6 Å². The summed E-state index contributed by atoms with van der Waals surface area (Å²) in [6.07, 6.45) is 4.56. The van der Waals surface area contributed by atoms with E-state index in [1.165, 1.54) is 5.56 Å². The first-order valence-electron chi connectivity index (χ1n) is 11.4. The van der Waals surface area contributed by atoms with Gasteiger partial charge in [0, 0.05) is 29.6 Å². The number of nitrogens with zero attached hydrogens (tertiary/aromatic N) is 3. The Morgan fingerprint density at radius 2 is 2.03 bits per heavy atom. The molecule has 8 nitrogen and oxygen atoms in total. The lowest BCUT2D eigenvalue weighted by Gasteiger charge is -2.33. The Morgan fingerprint density at radius 1 is 1.24 bits per heavy atom. The smallest absolute Gasteiger partial charge is 0.292 e. The fourth-order valence-corrected chi connectivity index (χ4v) is 4.83. The number of furan rings is 1. The van der Waals surface area contributed by atoms with E-state index < -0.39 is 11.6 Å². The van der Waals surface area contributed by atoms with Crippen LogP contribution in [0.5, 0.6) is 0 Å². The van der Waals surface area contributed by atoms with Crippen LogP contribution >= 0.6 is 0 Å². The van der Waals surface area contributed by atoms with Crippen molar-refractivity contribution in [1.82, 2.24) is 19.9 Å². The second-order valence-electron chi connectivity index (χ2n) is 9.56. The van der Waals surface area contributed by atoms with E-state index in [-0.39, 0.29) is 17.6 Å². The number of carbonyl (C=O) groups excluding carboxylic acids is 1. The largest absolute Gasteiger partial charge is 0.458 e. The van der Waals surface area contributed by atoms with Gasteiger partial charge in [0.15, 0.2) is 0 Å². The molecule has 33 heavy (non-hydrogen) atoms. The SMILES string of the molecule is Cc1nc(C(C)(C)O)oc1C(=O)N1CCc2[nH]cnc2[C@H]1c1oc2ccccc2c1C1CC1. The molecule has 0 saturated heterocycles. The van der Waals surface area contributed by atoms with Crippen LogP contribution in [0.25, 0.3) is 11.0 Å². The number of rotatable bonds is 4. The molecule has 2 N–H and O–H groups in total. The van der Waals surface area contributed by atoms with E-state index in [0.717, 1.165) is 41.0 Å². The Hall–Kier alpha value is -3.39. The van der Waals surface area contributed by atoms with Crippen LogP contribution in [0.4, 0.5) is 0 Å². The van der Waals surface area contributed by atoms with Crippen LogP contribution in [-0.2, 0) is 12.0 Å². The molecule has 0 radical (unpaired) electrons. The van der Waals surface area contributed by atoms with Gasteiger partial charge >= 0.3 is 0 Å². The number of H-pyrrole nitrogens is 1. The third-order valence-corrected chi connectivity index (χ3v) is 6.60. The van der Waals surface area contributed by atoms with Gasteiger partial charge in [-0.3, -0.25) is 4.79 Å². The fourth-order valence-electron chi connectivity index (χ4n) is 4.83. The number of aromatic nitrogens is 3. The van der Waals surface area contributed by atoms with E-state index in [1.807, 2.05) is 18.2 Å². The van der Waals surface area contributed by atoms with Crippen molar-refractivity contribution in [3.8, 4) is 0 Å². The molecule has 1 atom stereocenters. The number of aliphatic hydroxyl groups is 1. The molecule has 4 heterocycles. The zero-order valence-electron chi connectivity index (χ0n) is 18.9. The summed E-state index contributed by atoms with van der Waals surface area (Å²) in [6, 6.07) is 7.58. The first-order chi connectivity index (χ1) is 15.8. The van der Waals surface area contributed by atoms with Gasteiger partial charge in [0.05, 0.1) is 17.7 Å². The van der Waals surface area contributed by atoms with E-state index in [4.69, 9.17) is 8.83 Å². The van der Waals surface area contributed by atoms with Gasteiger partial charge in [-0.05, 0) is 45.6 Å². The number of hydrogen-bond donors (Lipinski definition) is 2. The second kappa shape index (κ2) is 7.05. The predicted octanol–water partition coefficient (Wildman–Crippen LogP) is 4.35. The molecule has 6 rings (SSSR count). The molecule has 1 aliphatic heterocycles. The van der Waals surface area contributed by atoms with E-state index in [0.29, 0.717) is 24.6 Å². The maximum Gasteiger partial charge on any atom is 0.292 e. The van der Waals surface area contributed by atoms with E-state index in [1.54, 1.807) is 32.0 Å². The third-order valence-electron chi connectivity index (χ3n) is 6.60. The van der Waals surface area contributed by atoms with Crippen molar-refractivity contribution in [2.75, 3.05) is 6.54 Å². The van der Waals surface area contributed by atoms with Crippen LogP contribution in [-0.4, -0.2) is 37.4 Å². The second-order valence-corrected chi connectivity index (χ2v) is 9.56. The molecular weight excluding hydrogens is 420 g/mol. The maximum absolute atomic E-state index is 13.8. The zero-order valence-corrected chi connectivity index (χ0v) is 18.9. The summed E-state index contributed by atoms with van der Waals surface area (Å²) in [5.41, 5.74) is 2.99. The molecule has 1 amide bonds. The van der Waals surface area contributed by atoms with Gasteiger partial charge in [0.25, 0.3) is 5.91 Å². The number of carbonyl (C=O) groups is 1. The fraction of sp³-hybridized carbons (Fsp3) is 0.400. The monoisotopic (exact) mass is 446 g/mol. The van der Waals surface area contributed by atoms with Crippen molar-refractivity contribution >= 4 is 16.9 Å². The molecule has 8 heteroatoms. The van der Waals surface area contributed by atoms with Gasteiger partial charge in [-0.1, -0.05) is 18.2 Å².